The van der Waals surface area contributed by atoms with Crippen LogP contribution in [0.4, 0.5) is 4.79 Å². The second kappa shape index (κ2) is 5.14. The highest BCUT2D eigenvalue weighted by Gasteiger charge is 2.37. The minimum Gasteiger partial charge on any atom is -0.481 e. The molecule has 6 heteroatoms. The molecule has 0 aliphatic carbocycles. The molecule has 6 nitrogen and oxygen atoms in total. The summed E-state index contributed by atoms with van der Waals surface area (Å²) in [6.45, 7) is 6.22. The van der Waals surface area contributed by atoms with Gasteiger partial charge in [0.25, 0.3) is 0 Å². The highest BCUT2D eigenvalue weighted by Crippen LogP contribution is 2.23. The van der Waals surface area contributed by atoms with Gasteiger partial charge in [0.2, 0.25) is 0 Å². The van der Waals surface area contributed by atoms with Gasteiger partial charge in [-0.15, -0.1) is 0 Å². The highest BCUT2D eigenvalue weighted by molar-refractivity contribution is 5.76. The molecule has 0 aromatic carbocycles. The van der Waals surface area contributed by atoms with Crippen molar-refractivity contribution >= 4 is 12.0 Å². The van der Waals surface area contributed by atoms with E-state index in [0.717, 1.165) is 0 Å². The molecule has 0 aromatic heterocycles. The molecule has 2 saturated heterocycles. The lowest BCUT2D eigenvalue weighted by molar-refractivity contribution is -0.139. The van der Waals surface area contributed by atoms with Crippen LogP contribution in [0.3, 0.4) is 0 Å². The van der Waals surface area contributed by atoms with E-state index in [0.29, 0.717) is 26.2 Å². The number of carbonyl (C=O) groups is 2. The number of carbonyl (C=O) groups excluding carboxylic acids is 1. The summed E-state index contributed by atoms with van der Waals surface area (Å²) < 4.78 is 5.49. The first-order chi connectivity index (χ1) is 8.47. The van der Waals surface area contributed by atoms with Crippen LogP contribution in [0.5, 0.6) is 0 Å². The van der Waals surface area contributed by atoms with Crippen LogP contribution in [-0.2, 0) is 9.53 Å². The fraction of sp³-hybridized carbons (Fsp3) is 0.833. The molecule has 18 heavy (non-hydrogen) atoms. The van der Waals surface area contributed by atoms with Crippen LogP contribution >= 0.6 is 0 Å². The van der Waals surface area contributed by atoms with E-state index in [1.54, 1.807) is 4.90 Å². The molecule has 2 amide bonds. The molecule has 2 atom stereocenters. The fourth-order valence-electron chi connectivity index (χ4n) is 2.45. The normalized spacial score (nSPS) is 29.0. The van der Waals surface area contributed by atoms with Gasteiger partial charge in [0.05, 0.1) is 25.2 Å². The second-order valence-electron chi connectivity index (χ2n) is 5.30. The van der Waals surface area contributed by atoms with Crippen molar-refractivity contribution in [1.82, 2.24) is 9.80 Å². The van der Waals surface area contributed by atoms with Crippen molar-refractivity contribution < 1.29 is 19.4 Å². The third kappa shape index (κ3) is 2.75. The van der Waals surface area contributed by atoms with Gasteiger partial charge in [0.15, 0.2) is 0 Å². The maximum atomic E-state index is 12.2. The Morgan fingerprint density at radius 3 is 2.56 bits per heavy atom. The summed E-state index contributed by atoms with van der Waals surface area (Å²) in [5.74, 6) is -0.680. The van der Waals surface area contributed by atoms with Crippen molar-refractivity contribution in [1.29, 1.82) is 0 Å². The van der Waals surface area contributed by atoms with Crippen LogP contribution in [0, 0.1) is 5.92 Å². The molecule has 2 aliphatic rings. The summed E-state index contributed by atoms with van der Waals surface area (Å²) in [6.07, 6.45) is 0.222. The molecule has 102 valence electrons. The summed E-state index contributed by atoms with van der Waals surface area (Å²) in [7, 11) is 0. The highest BCUT2D eigenvalue weighted by atomic mass is 16.5. The summed E-state index contributed by atoms with van der Waals surface area (Å²) in [6, 6.07) is 0.103. The van der Waals surface area contributed by atoms with Gasteiger partial charge in [-0.25, -0.2) is 4.79 Å². The van der Waals surface area contributed by atoms with Crippen molar-refractivity contribution in [3.8, 4) is 0 Å². The van der Waals surface area contributed by atoms with Crippen molar-refractivity contribution in [2.45, 2.75) is 32.4 Å². The number of urea groups is 1. The Bertz CT molecular complexity index is 341. The Kier molecular flexibility index (Phi) is 3.75. The molecule has 0 aromatic rings. The minimum atomic E-state index is -0.791. The predicted octanol–water partition coefficient (Wildman–Crippen LogP) is 0.622. The van der Waals surface area contributed by atoms with E-state index in [-0.39, 0.29) is 30.5 Å². The Morgan fingerprint density at radius 2 is 1.94 bits per heavy atom. The van der Waals surface area contributed by atoms with Gasteiger partial charge < -0.3 is 19.6 Å². The van der Waals surface area contributed by atoms with Gasteiger partial charge in [0, 0.05) is 25.6 Å². The summed E-state index contributed by atoms with van der Waals surface area (Å²) in [5, 5.41) is 8.67. The van der Waals surface area contributed by atoms with E-state index >= 15 is 0 Å². The van der Waals surface area contributed by atoms with Crippen LogP contribution in [0.1, 0.15) is 20.3 Å². The number of ether oxygens (including phenoxy) is 1. The number of morpholine rings is 1. The van der Waals surface area contributed by atoms with Crippen LogP contribution in [0.15, 0.2) is 0 Å². The Morgan fingerprint density at radius 1 is 1.28 bits per heavy atom. The van der Waals surface area contributed by atoms with Crippen LogP contribution in [-0.4, -0.2) is 65.3 Å². The number of hydrogen-bond acceptors (Lipinski definition) is 3. The fourth-order valence-corrected chi connectivity index (χ4v) is 2.45. The number of carboxylic acid groups (broad SMARTS) is 1. The molecule has 2 rings (SSSR count). The van der Waals surface area contributed by atoms with Crippen molar-refractivity contribution in [3.63, 3.8) is 0 Å². The SMILES string of the molecule is CC1CN(C(=O)N2CC(CC(=O)O)C2)C(C)CO1. The summed E-state index contributed by atoms with van der Waals surface area (Å²) in [5.41, 5.74) is 0. The largest absolute Gasteiger partial charge is 0.481 e. The van der Waals surface area contributed by atoms with Crippen LogP contribution in [0.25, 0.3) is 0 Å². The zero-order valence-electron chi connectivity index (χ0n) is 10.8. The molecule has 2 heterocycles. The molecular weight excluding hydrogens is 236 g/mol. The molecule has 0 spiro atoms. The average molecular weight is 256 g/mol. The number of hydrogen-bond donors (Lipinski definition) is 1. The molecule has 2 unspecified atom stereocenters. The summed E-state index contributed by atoms with van der Waals surface area (Å²) in [4.78, 5) is 26.3. The van der Waals surface area contributed by atoms with Crippen LogP contribution in [0.2, 0.25) is 0 Å². The topological polar surface area (TPSA) is 70.1 Å². The van der Waals surface area contributed by atoms with E-state index in [1.165, 1.54) is 0 Å². The summed E-state index contributed by atoms with van der Waals surface area (Å²) >= 11 is 0. The van der Waals surface area contributed by atoms with Gasteiger partial charge in [0.1, 0.15) is 0 Å². The zero-order valence-corrected chi connectivity index (χ0v) is 10.8. The predicted molar refractivity (Wildman–Crippen MR) is 64.3 cm³/mol. The zero-order chi connectivity index (χ0) is 13.3. The molecule has 2 fully saturated rings. The monoisotopic (exact) mass is 256 g/mol. The quantitative estimate of drug-likeness (QED) is 0.786. The molecule has 0 saturated carbocycles. The van der Waals surface area contributed by atoms with Crippen molar-refractivity contribution in [2.24, 2.45) is 5.92 Å². The lowest BCUT2D eigenvalue weighted by Crippen LogP contribution is -2.60. The molecule has 2 aliphatic heterocycles. The average Bonchev–Trinajstić information content (AvgIpc) is 2.25. The van der Waals surface area contributed by atoms with Gasteiger partial charge in [-0.05, 0) is 13.8 Å². The van der Waals surface area contributed by atoms with Gasteiger partial charge in [-0.2, -0.15) is 0 Å². The standard InChI is InChI=1S/C12H20N2O4/c1-8-7-18-9(2)4-14(8)12(17)13-5-10(6-13)3-11(15)16/h8-10H,3-7H2,1-2H3,(H,15,16). The Hall–Kier alpha value is -1.30. The van der Waals surface area contributed by atoms with Crippen LogP contribution < -0.4 is 0 Å². The first-order valence-electron chi connectivity index (χ1n) is 6.36. The number of likely N-dealkylation sites (tertiary alicyclic amines) is 1. The number of nitrogens with zero attached hydrogens (tertiary/aromatic N) is 2. The lowest BCUT2D eigenvalue weighted by atomic mass is 9.97. The van der Waals surface area contributed by atoms with Gasteiger partial charge >= 0.3 is 12.0 Å². The number of rotatable bonds is 2. The third-order valence-electron chi connectivity index (χ3n) is 3.54. The number of aliphatic carboxylic acids is 1. The van der Waals surface area contributed by atoms with E-state index in [1.807, 2.05) is 18.7 Å². The van der Waals surface area contributed by atoms with E-state index < -0.39 is 5.97 Å². The van der Waals surface area contributed by atoms with Crippen molar-refractivity contribution in [2.75, 3.05) is 26.2 Å². The maximum absolute atomic E-state index is 12.2. The Labute approximate surface area is 106 Å². The second-order valence-corrected chi connectivity index (χ2v) is 5.30. The first-order valence-corrected chi connectivity index (χ1v) is 6.36. The van der Waals surface area contributed by atoms with Gasteiger partial charge in [-0.1, -0.05) is 0 Å². The minimum absolute atomic E-state index is 0.0132. The van der Waals surface area contributed by atoms with Crippen molar-refractivity contribution in [3.05, 3.63) is 0 Å². The third-order valence-corrected chi connectivity index (χ3v) is 3.54. The Balaban J connectivity index is 1.83. The maximum Gasteiger partial charge on any atom is 0.320 e. The van der Waals surface area contributed by atoms with E-state index in [9.17, 15) is 9.59 Å². The van der Waals surface area contributed by atoms with E-state index in [4.69, 9.17) is 9.84 Å². The number of carboxylic acids is 1. The first kappa shape index (κ1) is 13.1. The molecular formula is C12H20N2O4. The van der Waals surface area contributed by atoms with Gasteiger partial charge in [-0.3, -0.25) is 4.79 Å². The lowest BCUT2D eigenvalue weighted by Gasteiger charge is -2.45. The smallest absolute Gasteiger partial charge is 0.320 e. The molecule has 0 radical (unpaired) electrons. The van der Waals surface area contributed by atoms with E-state index in [2.05, 4.69) is 0 Å². The number of amides is 2. The molecule has 1 N–H and O–H groups in total. The molecule has 0 bridgehead atoms.